The van der Waals surface area contributed by atoms with Gasteiger partial charge in [-0.25, -0.2) is 0 Å². The Morgan fingerprint density at radius 1 is 1.46 bits per heavy atom. The predicted molar refractivity (Wildman–Crippen MR) is 57.8 cm³/mol. The van der Waals surface area contributed by atoms with Crippen molar-refractivity contribution in [3.8, 4) is 0 Å². The van der Waals surface area contributed by atoms with Crippen LogP contribution in [0.2, 0.25) is 0 Å². The van der Waals surface area contributed by atoms with Gasteiger partial charge < -0.3 is 9.73 Å². The summed E-state index contributed by atoms with van der Waals surface area (Å²) >= 11 is 3.28. The van der Waals surface area contributed by atoms with Gasteiger partial charge in [0.1, 0.15) is 5.76 Å². The molecule has 0 bridgehead atoms. The molecule has 3 heteroatoms. The number of rotatable bonds is 5. The molecular formula is C10H16BrNO. The monoisotopic (exact) mass is 245 g/mol. The van der Waals surface area contributed by atoms with E-state index in [0.29, 0.717) is 5.92 Å². The SMILES string of the molecule is CC(C)CNCCc1ccc(Br)o1. The van der Waals surface area contributed by atoms with Gasteiger partial charge in [-0.1, -0.05) is 13.8 Å². The molecule has 0 aliphatic heterocycles. The first-order chi connectivity index (χ1) is 6.18. The molecule has 1 aromatic heterocycles. The van der Waals surface area contributed by atoms with E-state index in [-0.39, 0.29) is 0 Å². The van der Waals surface area contributed by atoms with Crippen LogP contribution in [0.15, 0.2) is 21.2 Å². The Morgan fingerprint density at radius 2 is 2.23 bits per heavy atom. The van der Waals surface area contributed by atoms with Gasteiger partial charge in [0.15, 0.2) is 4.67 Å². The lowest BCUT2D eigenvalue weighted by Crippen LogP contribution is -2.21. The lowest BCUT2D eigenvalue weighted by molar-refractivity contribution is 0.471. The Morgan fingerprint density at radius 3 is 2.77 bits per heavy atom. The Bertz CT molecular complexity index is 245. The maximum Gasteiger partial charge on any atom is 0.169 e. The van der Waals surface area contributed by atoms with Crippen molar-refractivity contribution in [1.29, 1.82) is 0 Å². The summed E-state index contributed by atoms with van der Waals surface area (Å²) in [6.45, 7) is 6.47. The normalized spacial score (nSPS) is 11.1. The maximum atomic E-state index is 5.37. The summed E-state index contributed by atoms with van der Waals surface area (Å²) < 4.78 is 6.18. The summed E-state index contributed by atoms with van der Waals surface area (Å²) in [5.74, 6) is 1.74. The Labute approximate surface area is 87.8 Å². The van der Waals surface area contributed by atoms with Gasteiger partial charge >= 0.3 is 0 Å². The van der Waals surface area contributed by atoms with Gasteiger partial charge in [0.05, 0.1) is 0 Å². The first kappa shape index (κ1) is 10.8. The zero-order valence-corrected chi connectivity index (χ0v) is 9.73. The highest BCUT2D eigenvalue weighted by atomic mass is 79.9. The van der Waals surface area contributed by atoms with Gasteiger partial charge in [-0.2, -0.15) is 0 Å². The van der Waals surface area contributed by atoms with E-state index in [1.807, 2.05) is 12.1 Å². The molecule has 1 N–H and O–H groups in total. The van der Waals surface area contributed by atoms with Gasteiger partial charge in [0, 0.05) is 13.0 Å². The van der Waals surface area contributed by atoms with E-state index >= 15 is 0 Å². The fraction of sp³-hybridized carbons (Fsp3) is 0.600. The predicted octanol–water partition coefficient (Wildman–Crippen LogP) is 2.83. The third kappa shape index (κ3) is 4.48. The van der Waals surface area contributed by atoms with Crippen molar-refractivity contribution in [2.24, 2.45) is 5.92 Å². The van der Waals surface area contributed by atoms with Crippen LogP contribution in [0.25, 0.3) is 0 Å². The minimum atomic E-state index is 0.711. The van der Waals surface area contributed by atoms with Crippen molar-refractivity contribution in [3.05, 3.63) is 22.6 Å². The summed E-state index contributed by atoms with van der Waals surface area (Å²) in [7, 11) is 0. The molecule has 1 rings (SSSR count). The molecule has 0 unspecified atom stereocenters. The highest BCUT2D eigenvalue weighted by molar-refractivity contribution is 9.10. The largest absolute Gasteiger partial charge is 0.454 e. The molecule has 0 aromatic carbocycles. The zero-order chi connectivity index (χ0) is 9.68. The number of halogens is 1. The maximum absolute atomic E-state index is 5.37. The number of hydrogen-bond donors (Lipinski definition) is 1. The molecule has 0 atom stereocenters. The summed E-state index contributed by atoms with van der Waals surface area (Å²) in [6, 6.07) is 3.93. The number of hydrogen-bond acceptors (Lipinski definition) is 2. The van der Waals surface area contributed by atoms with Crippen molar-refractivity contribution >= 4 is 15.9 Å². The standard InChI is InChI=1S/C10H16BrNO/c1-8(2)7-12-6-5-9-3-4-10(11)13-9/h3-4,8,12H,5-7H2,1-2H3. The van der Waals surface area contributed by atoms with Gasteiger partial charge in [-0.3, -0.25) is 0 Å². The fourth-order valence-electron chi connectivity index (χ4n) is 1.09. The lowest BCUT2D eigenvalue weighted by Gasteiger charge is -2.05. The van der Waals surface area contributed by atoms with Gasteiger partial charge in [-0.05, 0) is 40.5 Å². The molecule has 1 aromatic rings. The van der Waals surface area contributed by atoms with E-state index < -0.39 is 0 Å². The second-order valence-electron chi connectivity index (χ2n) is 3.55. The number of furan rings is 1. The highest BCUT2D eigenvalue weighted by Crippen LogP contribution is 2.13. The Kier molecular flexibility index (Phi) is 4.53. The molecule has 2 nitrogen and oxygen atoms in total. The smallest absolute Gasteiger partial charge is 0.169 e. The molecule has 0 aliphatic carbocycles. The molecule has 0 saturated carbocycles. The van der Waals surface area contributed by atoms with Crippen LogP contribution in [-0.4, -0.2) is 13.1 Å². The summed E-state index contributed by atoms with van der Waals surface area (Å²) in [6.07, 6.45) is 0.957. The van der Waals surface area contributed by atoms with Gasteiger partial charge in [0.2, 0.25) is 0 Å². The molecule has 0 fully saturated rings. The first-order valence-corrected chi connectivity index (χ1v) is 5.42. The Hall–Kier alpha value is -0.280. The molecule has 0 aliphatic rings. The third-order valence-electron chi connectivity index (χ3n) is 1.73. The summed E-state index contributed by atoms with van der Waals surface area (Å²) in [5.41, 5.74) is 0. The van der Waals surface area contributed by atoms with E-state index in [9.17, 15) is 0 Å². The van der Waals surface area contributed by atoms with Crippen LogP contribution in [0.3, 0.4) is 0 Å². The second-order valence-corrected chi connectivity index (χ2v) is 4.34. The highest BCUT2D eigenvalue weighted by Gasteiger charge is 1.98. The summed E-state index contributed by atoms with van der Waals surface area (Å²) in [4.78, 5) is 0. The second kappa shape index (κ2) is 5.45. The average molecular weight is 246 g/mol. The summed E-state index contributed by atoms with van der Waals surface area (Å²) in [5, 5.41) is 3.37. The van der Waals surface area contributed by atoms with E-state index in [0.717, 1.165) is 29.9 Å². The van der Waals surface area contributed by atoms with Gasteiger partial charge in [-0.15, -0.1) is 0 Å². The van der Waals surface area contributed by atoms with E-state index in [1.54, 1.807) is 0 Å². The molecule has 0 amide bonds. The topological polar surface area (TPSA) is 25.2 Å². The molecule has 0 saturated heterocycles. The van der Waals surface area contributed by atoms with Crippen LogP contribution in [0, 0.1) is 5.92 Å². The molecule has 0 spiro atoms. The third-order valence-corrected chi connectivity index (χ3v) is 2.16. The van der Waals surface area contributed by atoms with Crippen LogP contribution in [0.1, 0.15) is 19.6 Å². The van der Waals surface area contributed by atoms with Crippen molar-refractivity contribution < 1.29 is 4.42 Å². The average Bonchev–Trinajstić information content (AvgIpc) is 2.45. The molecule has 13 heavy (non-hydrogen) atoms. The van der Waals surface area contributed by atoms with E-state index in [1.165, 1.54) is 0 Å². The van der Waals surface area contributed by atoms with Crippen LogP contribution < -0.4 is 5.32 Å². The van der Waals surface area contributed by atoms with Crippen LogP contribution in [0.4, 0.5) is 0 Å². The Balaban J connectivity index is 2.13. The van der Waals surface area contributed by atoms with Crippen molar-refractivity contribution in [1.82, 2.24) is 5.32 Å². The quantitative estimate of drug-likeness (QED) is 0.808. The molecular weight excluding hydrogens is 230 g/mol. The van der Waals surface area contributed by atoms with Crippen molar-refractivity contribution in [2.45, 2.75) is 20.3 Å². The minimum Gasteiger partial charge on any atom is -0.454 e. The van der Waals surface area contributed by atoms with E-state index in [4.69, 9.17) is 4.42 Å². The van der Waals surface area contributed by atoms with Crippen LogP contribution in [-0.2, 0) is 6.42 Å². The lowest BCUT2D eigenvalue weighted by atomic mass is 10.2. The van der Waals surface area contributed by atoms with Crippen LogP contribution in [0.5, 0.6) is 0 Å². The molecule has 0 radical (unpaired) electrons. The van der Waals surface area contributed by atoms with Crippen molar-refractivity contribution in [3.63, 3.8) is 0 Å². The first-order valence-electron chi connectivity index (χ1n) is 4.63. The minimum absolute atomic E-state index is 0.711. The molecule has 74 valence electrons. The molecule has 1 heterocycles. The zero-order valence-electron chi connectivity index (χ0n) is 8.14. The number of nitrogens with one attached hydrogen (secondary N) is 1. The van der Waals surface area contributed by atoms with Crippen LogP contribution >= 0.6 is 15.9 Å². The van der Waals surface area contributed by atoms with Gasteiger partial charge in [0.25, 0.3) is 0 Å². The fourth-order valence-corrected chi connectivity index (χ4v) is 1.43. The van der Waals surface area contributed by atoms with Crippen molar-refractivity contribution in [2.75, 3.05) is 13.1 Å². The van der Waals surface area contributed by atoms with E-state index in [2.05, 4.69) is 35.1 Å².